The molecular formula is C8H15F2NO. The smallest absolute Gasteiger partial charge is 0.321 e. The fraction of sp³-hybridized carbons (Fsp3) is 0.875. The Kier molecular flexibility index (Phi) is 3.61. The van der Waals surface area contributed by atoms with Crippen molar-refractivity contribution >= 4 is 5.91 Å². The maximum Gasteiger partial charge on any atom is 0.321 e. The molecule has 0 aliphatic heterocycles. The molecule has 0 rings (SSSR count). The van der Waals surface area contributed by atoms with Gasteiger partial charge in [0.1, 0.15) is 0 Å². The molecule has 2 nitrogen and oxygen atoms in total. The predicted octanol–water partition coefficient (Wildman–Crippen LogP) is 1.80. The lowest BCUT2D eigenvalue weighted by atomic mass is 10.1. The Bertz CT molecular complexity index is 163. The molecule has 0 aromatic rings. The zero-order chi connectivity index (χ0) is 9.94. The second kappa shape index (κ2) is 3.83. The fourth-order valence-corrected chi connectivity index (χ4v) is 0.500. The summed E-state index contributed by atoms with van der Waals surface area (Å²) in [4.78, 5) is 10.7. The van der Waals surface area contributed by atoms with E-state index in [0.29, 0.717) is 6.92 Å². The van der Waals surface area contributed by atoms with Crippen LogP contribution in [0.5, 0.6) is 0 Å². The third kappa shape index (κ3) is 3.64. The standard InChI is InChI=1S/C8H15F2NO/c1-5(2)6(3)11-7(12)8(4,9)10/h5-6H,1-4H3,(H,11,12)/t6-/m1/s1. The summed E-state index contributed by atoms with van der Waals surface area (Å²) in [5.41, 5.74) is 0. The van der Waals surface area contributed by atoms with Crippen molar-refractivity contribution in [1.29, 1.82) is 0 Å². The van der Waals surface area contributed by atoms with Crippen molar-refractivity contribution in [2.75, 3.05) is 0 Å². The number of carbonyl (C=O) groups excluding carboxylic acids is 1. The van der Waals surface area contributed by atoms with Crippen LogP contribution in [0.4, 0.5) is 8.78 Å². The molecule has 1 amide bonds. The van der Waals surface area contributed by atoms with Crippen LogP contribution in [0.1, 0.15) is 27.7 Å². The Morgan fingerprint density at radius 2 is 1.75 bits per heavy atom. The highest BCUT2D eigenvalue weighted by Crippen LogP contribution is 2.12. The first-order valence-corrected chi connectivity index (χ1v) is 3.94. The van der Waals surface area contributed by atoms with E-state index in [9.17, 15) is 13.6 Å². The Balaban J connectivity index is 4.02. The molecule has 1 atom stereocenters. The van der Waals surface area contributed by atoms with Crippen LogP contribution in [0.2, 0.25) is 0 Å². The molecular weight excluding hydrogens is 164 g/mol. The second-order valence-corrected chi connectivity index (χ2v) is 3.39. The maximum atomic E-state index is 12.3. The first kappa shape index (κ1) is 11.3. The van der Waals surface area contributed by atoms with Gasteiger partial charge >= 0.3 is 5.92 Å². The lowest BCUT2D eigenvalue weighted by Crippen LogP contribution is -2.44. The minimum atomic E-state index is -3.27. The highest BCUT2D eigenvalue weighted by molar-refractivity contribution is 5.83. The highest BCUT2D eigenvalue weighted by atomic mass is 19.3. The first-order valence-electron chi connectivity index (χ1n) is 3.94. The first-order chi connectivity index (χ1) is 5.25. The summed E-state index contributed by atoms with van der Waals surface area (Å²) in [5.74, 6) is -4.32. The van der Waals surface area contributed by atoms with E-state index in [2.05, 4.69) is 5.32 Å². The molecule has 4 heteroatoms. The predicted molar refractivity (Wildman–Crippen MR) is 43.1 cm³/mol. The highest BCUT2D eigenvalue weighted by Gasteiger charge is 2.33. The quantitative estimate of drug-likeness (QED) is 0.703. The summed E-state index contributed by atoms with van der Waals surface area (Å²) in [5, 5.41) is 2.23. The molecule has 0 aromatic carbocycles. The van der Waals surface area contributed by atoms with Gasteiger partial charge in [0.15, 0.2) is 0 Å². The summed E-state index contributed by atoms with van der Waals surface area (Å²) >= 11 is 0. The Morgan fingerprint density at radius 1 is 1.33 bits per heavy atom. The number of halogens is 2. The number of nitrogens with one attached hydrogen (secondary N) is 1. The summed E-state index contributed by atoms with van der Waals surface area (Å²) in [6.07, 6.45) is 0. The monoisotopic (exact) mass is 179 g/mol. The lowest BCUT2D eigenvalue weighted by Gasteiger charge is -2.19. The molecule has 0 saturated heterocycles. The number of alkyl halides is 2. The van der Waals surface area contributed by atoms with E-state index in [1.54, 1.807) is 6.92 Å². The van der Waals surface area contributed by atoms with Gasteiger partial charge in [-0.25, -0.2) is 0 Å². The SMILES string of the molecule is CC(C)[C@@H](C)NC(=O)C(C)(F)F. The average molecular weight is 179 g/mol. The summed E-state index contributed by atoms with van der Waals surface area (Å²) < 4.78 is 24.7. The van der Waals surface area contributed by atoms with Gasteiger partial charge in [-0.1, -0.05) is 13.8 Å². The topological polar surface area (TPSA) is 29.1 Å². The molecule has 0 unspecified atom stereocenters. The molecule has 0 bridgehead atoms. The van der Waals surface area contributed by atoms with E-state index >= 15 is 0 Å². The number of hydrogen-bond donors (Lipinski definition) is 1. The molecule has 0 fully saturated rings. The van der Waals surface area contributed by atoms with Crippen molar-refractivity contribution in [3.05, 3.63) is 0 Å². The lowest BCUT2D eigenvalue weighted by molar-refractivity contribution is -0.144. The van der Waals surface area contributed by atoms with Crippen LogP contribution in [-0.2, 0) is 4.79 Å². The number of hydrogen-bond acceptors (Lipinski definition) is 1. The van der Waals surface area contributed by atoms with Gasteiger partial charge in [-0.3, -0.25) is 4.79 Å². The van der Waals surface area contributed by atoms with Gasteiger partial charge in [-0.15, -0.1) is 0 Å². The molecule has 0 saturated carbocycles. The molecule has 1 N–H and O–H groups in total. The third-order valence-electron chi connectivity index (χ3n) is 1.76. The molecule has 12 heavy (non-hydrogen) atoms. The molecule has 0 spiro atoms. The number of amides is 1. The van der Waals surface area contributed by atoms with Gasteiger partial charge in [0.25, 0.3) is 5.91 Å². The summed E-state index contributed by atoms with van der Waals surface area (Å²) in [7, 11) is 0. The Labute approximate surface area is 71.3 Å². The van der Waals surface area contributed by atoms with E-state index in [1.807, 2.05) is 13.8 Å². The van der Waals surface area contributed by atoms with Crippen molar-refractivity contribution in [2.45, 2.75) is 39.7 Å². The number of rotatable bonds is 3. The fourth-order valence-electron chi connectivity index (χ4n) is 0.500. The van der Waals surface area contributed by atoms with E-state index in [-0.39, 0.29) is 12.0 Å². The zero-order valence-electron chi connectivity index (χ0n) is 7.82. The van der Waals surface area contributed by atoms with Crippen LogP contribution in [-0.4, -0.2) is 17.9 Å². The molecule has 0 aliphatic rings. The van der Waals surface area contributed by atoms with E-state index in [4.69, 9.17) is 0 Å². The van der Waals surface area contributed by atoms with Crippen molar-refractivity contribution < 1.29 is 13.6 Å². The van der Waals surface area contributed by atoms with E-state index in [0.717, 1.165) is 0 Å². The van der Waals surface area contributed by atoms with Crippen LogP contribution in [0.3, 0.4) is 0 Å². The molecule has 0 aliphatic carbocycles. The van der Waals surface area contributed by atoms with Gasteiger partial charge in [0, 0.05) is 13.0 Å². The summed E-state index contributed by atoms with van der Waals surface area (Å²) in [6, 6.07) is -0.219. The second-order valence-electron chi connectivity index (χ2n) is 3.39. The summed E-state index contributed by atoms with van der Waals surface area (Å²) in [6.45, 7) is 6.02. The van der Waals surface area contributed by atoms with E-state index in [1.165, 1.54) is 0 Å². The zero-order valence-corrected chi connectivity index (χ0v) is 7.82. The minimum Gasteiger partial charge on any atom is -0.348 e. The largest absolute Gasteiger partial charge is 0.348 e. The van der Waals surface area contributed by atoms with Crippen molar-refractivity contribution in [1.82, 2.24) is 5.32 Å². The molecule has 72 valence electrons. The van der Waals surface area contributed by atoms with Crippen LogP contribution < -0.4 is 5.32 Å². The third-order valence-corrected chi connectivity index (χ3v) is 1.76. The minimum absolute atomic E-state index is 0.163. The average Bonchev–Trinajstić information content (AvgIpc) is 1.85. The maximum absolute atomic E-state index is 12.3. The van der Waals surface area contributed by atoms with Crippen molar-refractivity contribution in [3.63, 3.8) is 0 Å². The molecule has 0 aromatic heterocycles. The van der Waals surface area contributed by atoms with Crippen LogP contribution >= 0.6 is 0 Å². The van der Waals surface area contributed by atoms with Crippen molar-refractivity contribution in [2.24, 2.45) is 5.92 Å². The van der Waals surface area contributed by atoms with Gasteiger partial charge in [0.05, 0.1) is 0 Å². The Hall–Kier alpha value is -0.670. The van der Waals surface area contributed by atoms with Crippen LogP contribution in [0.15, 0.2) is 0 Å². The van der Waals surface area contributed by atoms with Gasteiger partial charge in [-0.2, -0.15) is 8.78 Å². The molecule has 0 radical (unpaired) electrons. The Morgan fingerprint density at radius 3 is 2.00 bits per heavy atom. The van der Waals surface area contributed by atoms with Gasteiger partial charge in [0.2, 0.25) is 0 Å². The van der Waals surface area contributed by atoms with Crippen molar-refractivity contribution in [3.8, 4) is 0 Å². The normalized spacial score (nSPS) is 14.6. The van der Waals surface area contributed by atoms with E-state index < -0.39 is 11.8 Å². The van der Waals surface area contributed by atoms with Crippen LogP contribution in [0, 0.1) is 5.92 Å². The van der Waals surface area contributed by atoms with Gasteiger partial charge < -0.3 is 5.32 Å². The van der Waals surface area contributed by atoms with Crippen LogP contribution in [0.25, 0.3) is 0 Å². The number of carbonyl (C=O) groups is 1. The van der Waals surface area contributed by atoms with Gasteiger partial charge in [-0.05, 0) is 12.8 Å². The molecule has 0 heterocycles.